The Balaban J connectivity index is 1.56. The van der Waals surface area contributed by atoms with Crippen molar-refractivity contribution in [2.24, 2.45) is 0 Å². The molecule has 2 aromatic rings. The van der Waals surface area contributed by atoms with Gasteiger partial charge < -0.3 is 15.0 Å². The lowest BCUT2D eigenvalue weighted by molar-refractivity contribution is -0.113. The molecule has 0 radical (unpaired) electrons. The van der Waals surface area contributed by atoms with Gasteiger partial charge in [-0.1, -0.05) is 11.8 Å². The maximum absolute atomic E-state index is 13.5. The van der Waals surface area contributed by atoms with Crippen LogP contribution in [-0.4, -0.2) is 47.9 Å². The van der Waals surface area contributed by atoms with E-state index in [1.54, 1.807) is 0 Å². The van der Waals surface area contributed by atoms with Crippen molar-refractivity contribution >= 4 is 29.2 Å². The van der Waals surface area contributed by atoms with Gasteiger partial charge in [-0.15, -0.1) is 0 Å². The Labute approximate surface area is 147 Å². The third kappa shape index (κ3) is 4.86. The van der Waals surface area contributed by atoms with Crippen LogP contribution in [0, 0.1) is 11.6 Å². The van der Waals surface area contributed by atoms with Gasteiger partial charge in [-0.2, -0.15) is 0 Å². The number of thioether (sulfide) groups is 1. The van der Waals surface area contributed by atoms with E-state index >= 15 is 0 Å². The van der Waals surface area contributed by atoms with Crippen molar-refractivity contribution in [2.45, 2.75) is 5.03 Å². The van der Waals surface area contributed by atoms with Crippen LogP contribution in [0.15, 0.2) is 35.6 Å². The summed E-state index contributed by atoms with van der Waals surface area (Å²) in [6.07, 6.45) is 1.45. The number of hydrogen-bond acceptors (Lipinski definition) is 6. The molecule has 0 spiro atoms. The number of benzene rings is 1. The summed E-state index contributed by atoms with van der Waals surface area (Å²) in [5, 5.41) is 3.06. The van der Waals surface area contributed by atoms with E-state index < -0.39 is 17.5 Å². The molecule has 3 rings (SSSR count). The van der Waals surface area contributed by atoms with Gasteiger partial charge in [0.25, 0.3) is 0 Å². The Morgan fingerprint density at radius 2 is 2.04 bits per heavy atom. The summed E-state index contributed by atoms with van der Waals surface area (Å²) in [6, 6.07) is 4.81. The third-order valence-corrected chi connectivity index (χ3v) is 4.44. The Kier molecular flexibility index (Phi) is 5.77. The molecule has 1 amide bonds. The number of carbonyl (C=O) groups is 1. The number of halogens is 2. The van der Waals surface area contributed by atoms with Crippen molar-refractivity contribution in [1.82, 2.24) is 9.97 Å². The summed E-state index contributed by atoms with van der Waals surface area (Å²) < 4.78 is 31.7. The van der Waals surface area contributed by atoms with E-state index in [9.17, 15) is 13.6 Å². The second-order valence-electron chi connectivity index (χ2n) is 5.27. The zero-order valence-corrected chi connectivity index (χ0v) is 14.1. The Bertz CT molecular complexity index is 757. The average Bonchev–Trinajstić information content (AvgIpc) is 2.63. The van der Waals surface area contributed by atoms with Crippen molar-refractivity contribution < 1.29 is 18.3 Å². The summed E-state index contributed by atoms with van der Waals surface area (Å²) in [7, 11) is 0. The lowest BCUT2D eigenvalue weighted by atomic mass is 10.3. The number of anilines is 2. The van der Waals surface area contributed by atoms with Gasteiger partial charge in [-0.05, 0) is 12.1 Å². The highest BCUT2D eigenvalue weighted by Crippen LogP contribution is 2.21. The van der Waals surface area contributed by atoms with E-state index in [-0.39, 0.29) is 11.4 Å². The Hall–Kier alpha value is -2.26. The van der Waals surface area contributed by atoms with E-state index in [0.29, 0.717) is 18.2 Å². The summed E-state index contributed by atoms with van der Waals surface area (Å²) >= 11 is 1.22. The molecule has 2 heterocycles. The minimum Gasteiger partial charge on any atom is -0.378 e. The smallest absolute Gasteiger partial charge is 0.234 e. The van der Waals surface area contributed by atoms with Crippen molar-refractivity contribution in [3.8, 4) is 0 Å². The molecule has 1 fully saturated rings. The van der Waals surface area contributed by atoms with Gasteiger partial charge in [-0.3, -0.25) is 4.79 Å². The molecule has 1 saturated heterocycles. The quantitative estimate of drug-likeness (QED) is 0.647. The molecule has 0 atom stereocenters. The van der Waals surface area contributed by atoms with Gasteiger partial charge in [0.05, 0.1) is 24.7 Å². The highest BCUT2D eigenvalue weighted by atomic mass is 32.2. The number of ether oxygens (including phenoxy) is 1. The molecule has 1 aromatic carbocycles. The molecule has 9 heteroatoms. The van der Waals surface area contributed by atoms with Crippen LogP contribution < -0.4 is 10.2 Å². The monoisotopic (exact) mass is 366 g/mol. The fourth-order valence-electron chi connectivity index (χ4n) is 2.29. The lowest BCUT2D eigenvalue weighted by Gasteiger charge is -2.27. The number of nitrogens with zero attached hydrogens (tertiary/aromatic N) is 3. The van der Waals surface area contributed by atoms with Crippen molar-refractivity contribution in [3.05, 3.63) is 42.2 Å². The first-order chi connectivity index (χ1) is 12.1. The maximum atomic E-state index is 13.5. The topological polar surface area (TPSA) is 67.4 Å². The van der Waals surface area contributed by atoms with E-state index in [0.717, 1.165) is 31.0 Å². The van der Waals surface area contributed by atoms with Crippen LogP contribution in [0.4, 0.5) is 20.3 Å². The van der Waals surface area contributed by atoms with Crippen LogP contribution in [0.5, 0.6) is 0 Å². The van der Waals surface area contributed by atoms with Crippen LogP contribution in [-0.2, 0) is 9.53 Å². The molecule has 132 valence electrons. The number of morpholine rings is 1. The van der Waals surface area contributed by atoms with E-state index in [1.165, 1.54) is 24.2 Å². The SMILES string of the molecule is O=C(CSc1cc(N2CCOCC2)ncn1)Nc1ccc(F)cc1F. The van der Waals surface area contributed by atoms with Crippen LogP contribution in [0.25, 0.3) is 0 Å². The summed E-state index contributed by atoms with van der Waals surface area (Å²) in [4.78, 5) is 22.4. The maximum Gasteiger partial charge on any atom is 0.234 e. The zero-order valence-electron chi connectivity index (χ0n) is 13.2. The van der Waals surface area contributed by atoms with E-state index in [2.05, 4.69) is 20.2 Å². The standard InChI is InChI=1S/C16H16F2N4O2S/c17-11-1-2-13(12(18)7-11)21-15(23)9-25-16-8-14(19-10-20-16)22-3-5-24-6-4-22/h1-2,7-8,10H,3-6,9H2,(H,21,23). The predicted molar refractivity (Wildman–Crippen MR) is 90.8 cm³/mol. The molecule has 0 saturated carbocycles. The van der Waals surface area contributed by atoms with E-state index in [1.807, 2.05) is 6.07 Å². The van der Waals surface area contributed by atoms with Crippen LogP contribution in [0.1, 0.15) is 0 Å². The van der Waals surface area contributed by atoms with Gasteiger partial charge in [0.1, 0.15) is 28.8 Å². The minimum atomic E-state index is -0.810. The largest absolute Gasteiger partial charge is 0.378 e. The fourth-order valence-corrected chi connectivity index (χ4v) is 2.95. The highest BCUT2D eigenvalue weighted by Gasteiger charge is 2.14. The van der Waals surface area contributed by atoms with Gasteiger partial charge in [0.15, 0.2) is 0 Å². The van der Waals surface area contributed by atoms with Gasteiger partial charge in [0.2, 0.25) is 5.91 Å². The number of carbonyl (C=O) groups excluding carboxylic acids is 1. The number of aromatic nitrogens is 2. The lowest BCUT2D eigenvalue weighted by Crippen LogP contribution is -2.36. The molecular weight excluding hydrogens is 350 g/mol. The second-order valence-corrected chi connectivity index (χ2v) is 6.27. The molecule has 1 aliphatic rings. The zero-order chi connectivity index (χ0) is 17.6. The van der Waals surface area contributed by atoms with Gasteiger partial charge in [-0.25, -0.2) is 18.7 Å². The van der Waals surface area contributed by atoms with Crippen LogP contribution in [0.3, 0.4) is 0 Å². The number of amides is 1. The molecule has 1 aliphatic heterocycles. The van der Waals surface area contributed by atoms with Crippen molar-refractivity contribution in [2.75, 3.05) is 42.3 Å². The third-order valence-electron chi connectivity index (χ3n) is 3.52. The van der Waals surface area contributed by atoms with E-state index in [4.69, 9.17) is 4.74 Å². The molecule has 25 heavy (non-hydrogen) atoms. The molecule has 0 unspecified atom stereocenters. The number of nitrogens with one attached hydrogen (secondary N) is 1. The number of rotatable bonds is 5. The Morgan fingerprint density at radius 3 is 2.80 bits per heavy atom. The Morgan fingerprint density at radius 1 is 1.24 bits per heavy atom. The second kappa shape index (κ2) is 8.21. The first-order valence-corrected chi connectivity index (χ1v) is 8.63. The highest BCUT2D eigenvalue weighted by molar-refractivity contribution is 7.99. The van der Waals surface area contributed by atoms with Crippen LogP contribution in [0.2, 0.25) is 0 Å². The van der Waals surface area contributed by atoms with Gasteiger partial charge >= 0.3 is 0 Å². The predicted octanol–water partition coefficient (Wildman–Crippen LogP) is 2.32. The number of hydrogen-bond donors (Lipinski definition) is 1. The summed E-state index contributed by atoms with van der Waals surface area (Å²) in [6.45, 7) is 2.81. The molecule has 0 aliphatic carbocycles. The molecule has 6 nitrogen and oxygen atoms in total. The summed E-state index contributed by atoms with van der Waals surface area (Å²) in [5.41, 5.74) is -0.0521. The average molecular weight is 366 g/mol. The van der Waals surface area contributed by atoms with Crippen LogP contribution >= 0.6 is 11.8 Å². The molecular formula is C16H16F2N4O2S. The fraction of sp³-hybridized carbons (Fsp3) is 0.312. The van der Waals surface area contributed by atoms with Gasteiger partial charge in [0, 0.05) is 25.2 Å². The van der Waals surface area contributed by atoms with Crippen molar-refractivity contribution in [3.63, 3.8) is 0 Å². The minimum absolute atomic E-state index is 0.0520. The molecule has 0 bridgehead atoms. The molecule has 1 aromatic heterocycles. The van der Waals surface area contributed by atoms with Crippen molar-refractivity contribution in [1.29, 1.82) is 0 Å². The first-order valence-electron chi connectivity index (χ1n) is 7.64. The first kappa shape index (κ1) is 17.6. The summed E-state index contributed by atoms with van der Waals surface area (Å²) in [5.74, 6) is -1.07. The molecule has 1 N–H and O–H groups in total. The normalized spacial score (nSPS) is 14.4.